The molecule has 0 bridgehead atoms. The van der Waals surface area contributed by atoms with Gasteiger partial charge in [0.15, 0.2) is 0 Å². The molecular formula is C17H23F3N4O4S. The molecule has 0 saturated carbocycles. The van der Waals surface area contributed by atoms with Crippen LogP contribution in [0.4, 0.5) is 18.9 Å². The highest BCUT2D eigenvalue weighted by atomic mass is 32.2. The van der Waals surface area contributed by atoms with Gasteiger partial charge in [0.05, 0.1) is 11.3 Å². The highest BCUT2D eigenvalue weighted by Crippen LogP contribution is 2.34. The van der Waals surface area contributed by atoms with E-state index in [0.29, 0.717) is 12.8 Å². The molecule has 2 amide bonds. The van der Waals surface area contributed by atoms with E-state index in [1.54, 1.807) is 0 Å². The van der Waals surface area contributed by atoms with Crippen LogP contribution in [0.2, 0.25) is 0 Å². The van der Waals surface area contributed by atoms with E-state index < -0.39 is 39.5 Å². The number of benzene rings is 1. The van der Waals surface area contributed by atoms with Gasteiger partial charge in [-0.1, -0.05) is 12.1 Å². The van der Waals surface area contributed by atoms with Crippen LogP contribution in [0.1, 0.15) is 18.4 Å². The highest BCUT2D eigenvalue weighted by Gasteiger charge is 2.34. The largest absolute Gasteiger partial charge is 0.418 e. The summed E-state index contributed by atoms with van der Waals surface area (Å²) in [7, 11) is -0.612. The number of carbonyl (C=O) groups excluding carboxylic acids is 2. The smallest absolute Gasteiger partial charge is 0.348 e. The van der Waals surface area contributed by atoms with Crippen LogP contribution in [0.25, 0.3) is 0 Å². The van der Waals surface area contributed by atoms with Crippen molar-refractivity contribution in [3.8, 4) is 0 Å². The highest BCUT2D eigenvalue weighted by molar-refractivity contribution is 7.86. The molecular weight excluding hydrogens is 413 g/mol. The molecule has 29 heavy (non-hydrogen) atoms. The molecule has 0 atom stereocenters. The van der Waals surface area contributed by atoms with Crippen molar-refractivity contribution < 1.29 is 31.2 Å². The number of halogens is 3. The summed E-state index contributed by atoms with van der Waals surface area (Å²) in [5.74, 6) is -2.29. The van der Waals surface area contributed by atoms with Crippen molar-refractivity contribution in [2.24, 2.45) is 5.92 Å². The molecule has 1 aliphatic rings. The molecule has 1 aromatic rings. The molecule has 2 rings (SSSR count). The standard InChI is InChI=1S/C17H23F3N4O4S/c1-23(2)29(27,28)24-9-7-12(8-10-24)11-21-15(25)16(26)22-14-6-4-3-5-13(14)17(18,19)20/h3-6,12H,7-11H2,1-2H3,(H,21,25)(H,22,26). The lowest BCUT2D eigenvalue weighted by Gasteiger charge is -2.32. The lowest BCUT2D eigenvalue weighted by molar-refractivity contribution is -0.138. The molecule has 8 nitrogen and oxygen atoms in total. The number of para-hydroxylation sites is 1. The summed E-state index contributed by atoms with van der Waals surface area (Å²) in [5, 5.41) is 4.38. The van der Waals surface area contributed by atoms with Crippen molar-refractivity contribution in [2.45, 2.75) is 19.0 Å². The molecule has 162 valence electrons. The second kappa shape index (κ2) is 9.09. The van der Waals surface area contributed by atoms with Crippen LogP contribution in [-0.4, -0.2) is 62.6 Å². The van der Waals surface area contributed by atoms with Gasteiger partial charge in [-0.05, 0) is 30.9 Å². The summed E-state index contributed by atoms with van der Waals surface area (Å²) < 4.78 is 65.5. The lowest BCUT2D eigenvalue weighted by Crippen LogP contribution is -2.46. The van der Waals surface area contributed by atoms with Crippen LogP contribution in [0.5, 0.6) is 0 Å². The van der Waals surface area contributed by atoms with E-state index in [-0.39, 0.29) is 25.6 Å². The summed E-state index contributed by atoms with van der Waals surface area (Å²) >= 11 is 0. The van der Waals surface area contributed by atoms with E-state index in [4.69, 9.17) is 0 Å². The van der Waals surface area contributed by atoms with Crippen molar-refractivity contribution in [3.63, 3.8) is 0 Å². The van der Waals surface area contributed by atoms with Gasteiger partial charge in [-0.3, -0.25) is 9.59 Å². The minimum atomic E-state index is -4.67. The number of piperidine rings is 1. The Morgan fingerprint density at radius 2 is 1.72 bits per heavy atom. The molecule has 0 unspecified atom stereocenters. The number of carbonyl (C=O) groups is 2. The number of rotatable bonds is 5. The maximum absolute atomic E-state index is 13.0. The Kier molecular flexibility index (Phi) is 7.25. The van der Waals surface area contributed by atoms with Gasteiger partial charge in [-0.15, -0.1) is 0 Å². The van der Waals surface area contributed by atoms with Crippen LogP contribution in [0.3, 0.4) is 0 Å². The van der Waals surface area contributed by atoms with Crippen LogP contribution in [-0.2, 0) is 26.0 Å². The molecule has 1 aromatic carbocycles. The minimum absolute atomic E-state index is 0.0391. The van der Waals surface area contributed by atoms with E-state index in [2.05, 4.69) is 5.32 Å². The van der Waals surface area contributed by atoms with E-state index in [1.165, 1.54) is 30.5 Å². The Bertz CT molecular complexity index is 850. The first-order valence-electron chi connectivity index (χ1n) is 8.86. The molecule has 0 aliphatic carbocycles. The second-order valence-electron chi connectivity index (χ2n) is 6.84. The normalized spacial score (nSPS) is 16.6. The van der Waals surface area contributed by atoms with Crippen molar-refractivity contribution in [3.05, 3.63) is 29.8 Å². The number of nitrogens with one attached hydrogen (secondary N) is 2. The molecule has 1 saturated heterocycles. The first kappa shape index (κ1) is 23.1. The summed E-state index contributed by atoms with van der Waals surface area (Å²) in [6, 6.07) is 4.37. The average Bonchev–Trinajstić information content (AvgIpc) is 2.65. The van der Waals surface area contributed by atoms with Crippen molar-refractivity contribution in [2.75, 3.05) is 39.0 Å². The van der Waals surface area contributed by atoms with E-state index in [1.807, 2.05) is 5.32 Å². The second-order valence-corrected chi connectivity index (χ2v) is 8.98. The van der Waals surface area contributed by atoms with E-state index in [9.17, 15) is 31.2 Å². The molecule has 1 aliphatic heterocycles. The fourth-order valence-corrected chi connectivity index (χ4v) is 4.04. The van der Waals surface area contributed by atoms with Gasteiger partial charge >= 0.3 is 18.0 Å². The number of hydrogen-bond acceptors (Lipinski definition) is 4. The van der Waals surface area contributed by atoms with Crippen LogP contribution in [0.15, 0.2) is 24.3 Å². The zero-order valence-electron chi connectivity index (χ0n) is 16.0. The fraction of sp³-hybridized carbons (Fsp3) is 0.529. The van der Waals surface area contributed by atoms with Gasteiger partial charge in [-0.2, -0.15) is 30.2 Å². The Hall–Kier alpha value is -2.18. The third-order valence-corrected chi connectivity index (χ3v) is 6.54. The summed E-state index contributed by atoms with van der Waals surface area (Å²) in [5.41, 5.74) is -1.54. The van der Waals surface area contributed by atoms with Gasteiger partial charge in [-0.25, -0.2) is 0 Å². The quantitative estimate of drug-likeness (QED) is 0.680. The number of hydrogen-bond donors (Lipinski definition) is 2. The summed E-state index contributed by atoms with van der Waals surface area (Å²) in [6.45, 7) is 0.696. The van der Waals surface area contributed by atoms with Gasteiger partial charge in [0.2, 0.25) is 0 Å². The molecule has 12 heteroatoms. The number of alkyl halides is 3. The maximum atomic E-state index is 13.0. The third-order valence-electron chi connectivity index (χ3n) is 4.60. The Labute approximate surface area is 167 Å². The van der Waals surface area contributed by atoms with Crippen molar-refractivity contribution in [1.29, 1.82) is 0 Å². The van der Waals surface area contributed by atoms with Gasteiger partial charge in [0, 0.05) is 33.7 Å². The molecule has 0 spiro atoms. The van der Waals surface area contributed by atoms with Gasteiger partial charge in [0.25, 0.3) is 10.2 Å². The van der Waals surface area contributed by atoms with Crippen LogP contribution in [0, 0.1) is 5.92 Å². The van der Waals surface area contributed by atoms with E-state index >= 15 is 0 Å². The van der Waals surface area contributed by atoms with Crippen LogP contribution < -0.4 is 10.6 Å². The number of nitrogens with zero attached hydrogens (tertiary/aromatic N) is 2. The summed E-state index contributed by atoms with van der Waals surface area (Å²) in [6.07, 6.45) is -3.68. The van der Waals surface area contributed by atoms with Gasteiger partial charge < -0.3 is 10.6 Å². The Morgan fingerprint density at radius 1 is 1.14 bits per heavy atom. The first-order chi connectivity index (χ1) is 13.4. The third kappa shape index (κ3) is 5.90. The predicted octanol–water partition coefficient (Wildman–Crippen LogP) is 1.28. The zero-order valence-corrected chi connectivity index (χ0v) is 16.8. The first-order valence-corrected chi connectivity index (χ1v) is 10.3. The molecule has 1 fully saturated rings. The molecule has 1 heterocycles. The van der Waals surface area contributed by atoms with Crippen molar-refractivity contribution >= 4 is 27.7 Å². The van der Waals surface area contributed by atoms with E-state index in [0.717, 1.165) is 16.4 Å². The fourth-order valence-electron chi connectivity index (χ4n) is 2.91. The SMILES string of the molecule is CN(C)S(=O)(=O)N1CCC(CNC(=O)C(=O)Nc2ccccc2C(F)(F)F)CC1. The topological polar surface area (TPSA) is 98.8 Å². The van der Waals surface area contributed by atoms with Gasteiger partial charge in [0.1, 0.15) is 0 Å². The molecule has 0 radical (unpaired) electrons. The molecule has 2 N–H and O–H groups in total. The lowest BCUT2D eigenvalue weighted by atomic mass is 9.98. The van der Waals surface area contributed by atoms with Crippen molar-refractivity contribution in [1.82, 2.24) is 13.9 Å². The van der Waals surface area contributed by atoms with Crippen LogP contribution >= 0.6 is 0 Å². The maximum Gasteiger partial charge on any atom is 0.418 e. The molecule has 0 aromatic heterocycles. The number of anilines is 1. The minimum Gasteiger partial charge on any atom is -0.348 e. The average molecular weight is 436 g/mol. The zero-order chi connectivity index (χ0) is 21.8. The monoisotopic (exact) mass is 436 g/mol. The Morgan fingerprint density at radius 3 is 2.28 bits per heavy atom. The predicted molar refractivity (Wildman–Crippen MR) is 100.0 cm³/mol. The summed E-state index contributed by atoms with van der Waals surface area (Å²) in [4.78, 5) is 23.9. The number of amides is 2. The Balaban J connectivity index is 1.86.